The number of carbonyl (C=O) groups excluding carboxylic acids is 1. The van der Waals surface area contributed by atoms with Gasteiger partial charge in [-0.2, -0.15) is 18.3 Å². The van der Waals surface area contributed by atoms with Gasteiger partial charge < -0.3 is 5.32 Å². The van der Waals surface area contributed by atoms with Gasteiger partial charge in [-0.15, -0.1) is 0 Å². The van der Waals surface area contributed by atoms with Crippen molar-refractivity contribution in [2.75, 3.05) is 5.32 Å². The van der Waals surface area contributed by atoms with Gasteiger partial charge in [-0.05, 0) is 36.8 Å². The first-order valence-electron chi connectivity index (χ1n) is 7.81. The number of hydrogen-bond donors (Lipinski definition) is 1. The molecule has 0 fully saturated rings. The van der Waals surface area contributed by atoms with E-state index in [9.17, 15) is 22.4 Å². The Morgan fingerprint density at radius 3 is 2.48 bits per heavy atom. The molecule has 3 aromatic rings. The van der Waals surface area contributed by atoms with Gasteiger partial charge in [-0.3, -0.25) is 9.48 Å². The number of anilines is 1. The Kier molecular flexibility index (Phi) is 4.69. The zero-order valence-electron chi connectivity index (χ0n) is 14.3. The molecule has 3 rings (SSSR count). The minimum atomic E-state index is -4.55. The zero-order valence-corrected chi connectivity index (χ0v) is 14.3. The van der Waals surface area contributed by atoms with Gasteiger partial charge in [-0.25, -0.2) is 9.37 Å². The topological polar surface area (TPSA) is 59.8 Å². The third kappa shape index (κ3) is 3.81. The van der Waals surface area contributed by atoms with E-state index in [0.717, 1.165) is 10.7 Å². The average Bonchev–Trinajstić information content (AvgIpc) is 2.97. The SMILES string of the molecule is Cc1cccc(F)c1C(=O)Nc1ccc(-c2cc(C(F)(F)F)nn2C)cn1. The van der Waals surface area contributed by atoms with Crippen LogP contribution in [0.1, 0.15) is 21.6 Å². The molecule has 9 heteroatoms. The summed E-state index contributed by atoms with van der Waals surface area (Å²) in [5.74, 6) is -1.17. The Hall–Kier alpha value is -3.23. The molecule has 0 saturated carbocycles. The van der Waals surface area contributed by atoms with Gasteiger partial charge in [0.2, 0.25) is 0 Å². The summed E-state index contributed by atoms with van der Waals surface area (Å²) in [6.45, 7) is 1.61. The van der Waals surface area contributed by atoms with Crippen molar-refractivity contribution in [1.29, 1.82) is 0 Å². The lowest BCUT2D eigenvalue weighted by Crippen LogP contribution is -2.16. The zero-order chi connectivity index (χ0) is 19.8. The van der Waals surface area contributed by atoms with Gasteiger partial charge >= 0.3 is 6.18 Å². The number of aromatic nitrogens is 3. The molecule has 0 atom stereocenters. The maximum atomic E-state index is 13.8. The normalized spacial score (nSPS) is 11.5. The van der Waals surface area contributed by atoms with Crippen molar-refractivity contribution >= 4 is 11.7 Å². The van der Waals surface area contributed by atoms with Gasteiger partial charge in [-0.1, -0.05) is 12.1 Å². The van der Waals surface area contributed by atoms with E-state index < -0.39 is 23.6 Å². The lowest BCUT2D eigenvalue weighted by molar-refractivity contribution is -0.141. The Labute approximate surface area is 151 Å². The van der Waals surface area contributed by atoms with E-state index in [4.69, 9.17) is 0 Å². The van der Waals surface area contributed by atoms with Gasteiger partial charge in [0.1, 0.15) is 11.6 Å². The van der Waals surface area contributed by atoms with E-state index in [-0.39, 0.29) is 17.1 Å². The predicted octanol–water partition coefficient (Wildman–Crippen LogP) is 4.20. The molecular weight excluding hydrogens is 364 g/mol. The summed E-state index contributed by atoms with van der Waals surface area (Å²) in [6, 6.07) is 8.11. The fourth-order valence-corrected chi connectivity index (χ4v) is 2.59. The van der Waals surface area contributed by atoms with E-state index in [1.54, 1.807) is 13.0 Å². The monoisotopic (exact) mass is 378 g/mol. The van der Waals surface area contributed by atoms with Crippen LogP contribution in [-0.2, 0) is 13.2 Å². The summed E-state index contributed by atoms with van der Waals surface area (Å²) in [7, 11) is 1.39. The van der Waals surface area contributed by atoms with Gasteiger partial charge in [0, 0.05) is 18.8 Å². The lowest BCUT2D eigenvalue weighted by Gasteiger charge is -2.08. The molecule has 1 aromatic carbocycles. The number of aryl methyl sites for hydroxylation is 2. The Morgan fingerprint density at radius 2 is 1.93 bits per heavy atom. The van der Waals surface area contributed by atoms with Crippen LogP contribution in [0.5, 0.6) is 0 Å². The third-order valence-corrected chi connectivity index (χ3v) is 3.92. The second-order valence-corrected chi connectivity index (χ2v) is 5.85. The second-order valence-electron chi connectivity index (χ2n) is 5.85. The summed E-state index contributed by atoms with van der Waals surface area (Å²) in [6.07, 6.45) is -3.24. The summed E-state index contributed by atoms with van der Waals surface area (Å²) < 4.78 is 53.2. The van der Waals surface area contributed by atoms with Crippen molar-refractivity contribution in [3.8, 4) is 11.3 Å². The molecule has 0 aliphatic carbocycles. The Morgan fingerprint density at radius 1 is 1.19 bits per heavy atom. The molecule has 0 spiro atoms. The van der Waals surface area contributed by atoms with Crippen molar-refractivity contribution in [3.63, 3.8) is 0 Å². The van der Waals surface area contributed by atoms with Crippen LogP contribution in [0.2, 0.25) is 0 Å². The molecule has 0 bridgehead atoms. The number of carbonyl (C=O) groups is 1. The molecular formula is C18H14F4N4O. The molecule has 140 valence electrons. The van der Waals surface area contributed by atoms with E-state index in [2.05, 4.69) is 15.4 Å². The quantitative estimate of drug-likeness (QED) is 0.695. The molecule has 2 heterocycles. The molecule has 5 nitrogen and oxygen atoms in total. The van der Waals surface area contributed by atoms with Gasteiger partial charge in [0.25, 0.3) is 5.91 Å². The van der Waals surface area contributed by atoms with Crippen LogP contribution in [0, 0.1) is 12.7 Å². The van der Waals surface area contributed by atoms with Crippen LogP contribution in [0.25, 0.3) is 11.3 Å². The summed E-state index contributed by atoms with van der Waals surface area (Å²) in [5, 5.41) is 5.91. The van der Waals surface area contributed by atoms with Crippen LogP contribution >= 0.6 is 0 Å². The number of nitrogens with zero attached hydrogens (tertiary/aromatic N) is 3. The molecule has 27 heavy (non-hydrogen) atoms. The number of halogens is 4. The number of nitrogens with one attached hydrogen (secondary N) is 1. The highest BCUT2D eigenvalue weighted by atomic mass is 19.4. The third-order valence-electron chi connectivity index (χ3n) is 3.92. The first-order valence-corrected chi connectivity index (χ1v) is 7.81. The number of amides is 1. The highest BCUT2D eigenvalue weighted by Crippen LogP contribution is 2.31. The number of pyridine rings is 1. The first kappa shape index (κ1) is 18.6. The molecule has 0 radical (unpaired) electrons. The van der Waals surface area contributed by atoms with Crippen molar-refractivity contribution in [2.24, 2.45) is 7.05 Å². The lowest BCUT2D eigenvalue weighted by atomic mass is 10.1. The van der Waals surface area contributed by atoms with Crippen molar-refractivity contribution in [2.45, 2.75) is 13.1 Å². The van der Waals surface area contributed by atoms with Gasteiger partial charge in [0.05, 0.1) is 11.3 Å². The number of benzene rings is 1. The summed E-state index contributed by atoms with van der Waals surface area (Å²) in [4.78, 5) is 16.3. The first-order chi connectivity index (χ1) is 12.7. The van der Waals surface area contributed by atoms with Crippen molar-refractivity contribution in [3.05, 3.63) is 65.2 Å². The van der Waals surface area contributed by atoms with E-state index in [1.165, 1.54) is 37.5 Å². The van der Waals surface area contributed by atoms with E-state index in [0.29, 0.717) is 11.1 Å². The van der Waals surface area contributed by atoms with Crippen LogP contribution in [0.3, 0.4) is 0 Å². The summed E-state index contributed by atoms with van der Waals surface area (Å²) in [5.41, 5.74) is -0.0193. The largest absolute Gasteiger partial charge is 0.435 e. The van der Waals surface area contributed by atoms with Crippen LogP contribution in [0.4, 0.5) is 23.4 Å². The molecule has 2 aromatic heterocycles. The molecule has 0 saturated heterocycles. The van der Waals surface area contributed by atoms with E-state index >= 15 is 0 Å². The highest BCUT2D eigenvalue weighted by molar-refractivity contribution is 6.05. The van der Waals surface area contributed by atoms with Crippen molar-refractivity contribution < 1.29 is 22.4 Å². The standard InChI is InChI=1S/C18H14F4N4O/c1-10-4-3-5-12(19)16(10)17(27)24-15-7-6-11(9-23-15)13-8-14(18(20,21)22)25-26(13)2/h3-9H,1-2H3,(H,23,24,27). The smallest absolute Gasteiger partial charge is 0.306 e. The van der Waals surface area contributed by atoms with E-state index in [1.807, 2.05) is 0 Å². The summed E-state index contributed by atoms with van der Waals surface area (Å²) >= 11 is 0. The number of hydrogen-bond acceptors (Lipinski definition) is 3. The minimum absolute atomic E-state index is 0.0927. The number of rotatable bonds is 3. The molecule has 1 N–H and O–H groups in total. The fraction of sp³-hybridized carbons (Fsp3) is 0.167. The Bertz CT molecular complexity index is 973. The fourth-order valence-electron chi connectivity index (χ4n) is 2.59. The second kappa shape index (κ2) is 6.82. The van der Waals surface area contributed by atoms with Crippen LogP contribution in [0.15, 0.2) is 42.6 Å². The van der Waals surface area contributed by atoms with Crippen LogP contribution in [-0.4, -0.2) is 20.7 Å². The highest BCUT2D eigenvalue weighted by Gasteiger charge is 2.34. The maximum absolute atomic E-state index is 13.8. The molecule has 0 aliphatic heterocycles. The van der Waals surface area contributed by atoms with Gasteiger partial charge in [0.15, 0.2) is 5.69 Å². The van der Waals surface area contributed by atoms with Crippen molar-refractivity contribution in [1.82, 2.24) is 14.8 Å². The molecule has 0 aliphatic rings. The average molecular weight is 378 g/mol. The minimum Gasteiger partial charge on any atom is -0.306 e. The Balaban J connectivity index is 1.82. The molecule has 0 unspecified atom stereocenters. The maximum Gasteiger partial charge on any atom is 0.435 e. The molecule has 1 amide bonds. The number of alkyl halides is 3. The van der Waals surface area contributed by atoms with Crippen LogP contribution < -0.4 is 5.32 Å². The predicted molar refractivity (Wildman–Crippen MR) is 90.5 cm³/mol.